The standard InChI is InChI=1S/C13H26N2O.ClH/c1-12(2)11-16-13(3,14-12)7-10-15-8-5-4-6-9-15;/h14H,4-11H2,1-3H3;1H. The average molecular weight is 263 g/mol. The van der Waals surface area contributed by atoms with E-state index in [0.717, 1.165) is 13.0 Å². The lowest BCUT2D eigenvalue weighted by Crippen LogP contribution is -2.48. The van der Waals surface area contributed by atoms with Crippen molar-refractivity contribution in [2.45, 2.75) is 57.7 Å². The summed E-state index contributed by atoms with van der Waals surface area (Å²) in [4.78, 5) is 2.57. The smallest absolute Gasteiger partial charge is 0.118 e. The van der Waals surface area contributed by atoms with Crippen LogP contribution in [0.5, 0.6) is 0 Å². The van der Waals surface area contributed by atoms with Crippen LogP contribution in [0.15, 0.2) is 0 Å². The van der Waals surface area contributed by atoms with Gasteiger partial charge in [0.05, 0.1) is 6.61 Å². The van der Waals surface area contributed by atoms with Crippen LogP contribution in [0.2, 0.25) is 0 Å². The summed E-state index contributed by atoms with van der Waals surface area (Å²) < 4.78 is 5.91. The molecule has 0 saturated carbocycles. The molecule has 0 amide bonds. The highest BCUT2D eigenvalue weighted by Crippen LogP contribution is 2.26. The molecule has 0 radical (unpaired) electrons. The molecule has 2 fully saturated rings. The maximum absolute atomic E-state index is 5.91. The molecule has 4 heteroatoms. The molecule has 1 atom stereocenters. The Balaban J connectivity index is 0.00000144. The summed E-state index contributed by atoms with van der Waals surface area (Å²) in [7, 11) is 0. The van der Waals surface area contributed by atoms with Crippen LogP contribution >= 0.6 is 12.4 Å². The molecule has 0 aliphatic carbocycles. The van der Waals surface area contributed by atoms with Crippen LogP contribution in [-0.2, 0) is 4.74 Å². The van der Waals surface area contributed by atoms with Crippen molar-refractivity contribution in [2.75, 3.05) is 26.2 Å². The van der Waals surface area contributed by atoms with Gasteiger partial charge in [-0.05, 0) is 46.7 Å². The molecule has 1 N–H and O–H groups in total. The zero-order chi connectivity index (χ0) is 11.6. The van der Waals surface area contributed by atoms with Gasteiger partial charge in [0.1, 0.15) is 5.72 Å². The molecule has 0 aromatic heterocycles. The normalized spacial score (nSPS) is 33.4. The van der Waals surface area contributed by atoms with Gasteiger partial charge in [0.2, 0.25) is 0 Å². The van der Waals surface area contributed by atoms with E-state index in [9.17, 15) is 0 Å². The first-order valence-corrected chi connectivity index (χ1v) is 6.65. The molecule has 1 unspecified atom stereocenters. The van der Waals surface area contributed by atoms with Gasteiger partial charge in [0.15, 0.2) is 0 Å². The van der Waals surface area contributed by atoms with Crippen molar-refractivity contribution in [1.82, 2.24) is 10.2 Å². The zero-order valence-corrected chi connectivity index (χ0v) is 12.2. The van der Waals surface area contributed by atoms with Gasteiger partial charge < -0.3 is 9.64 Å². The van der Waals surface area contributed by atoms with Crippen molar-refractivity contribution in [1.29, 1.82) is 0 Å². The van der Waals surface area contributed by atoms with Gasteiger partial charge in [-0.2, -0.15) is 0 Å². The van der Waals surface area contributed by atoms with Gasteiger partial charge in [-0.1, -0.05) is 6.42 Å². The first-order valence-electron chi connectivity index (χ1n) is 6.65. The average Bonchev–Trinajstić information content (AvgIpc) is 2.53. The molecule has 17 heavy (non-hydrogen) atoms. The van der Waals surface area contributed by atoms with E-state index in [1.165, 1.54) is 38.9 Å². The summed E-state index contributed by atoms with van der Waals surface area (Å²) in [6, 6.07) is 0. The number of halogens is 1. The fourth-order valence-corrected chi connectivity index (χ4v) is 2.82. The monoisotopic (exact) mass is 262 g/mol. The van der Waals surface area contributed by atoms with Crippen LogP contribution < -0.4 is 5.32 Å². The van der Waals surface area contributed by atoms with Crippen LogP contribution in [-0.4, -0.2) is 42.4 Å². The molecule has 102 valence electrons. The Morgan fingerprint density at radius 3 is 2.29 bits per heavy atom. The Morgan fingerprint density at radius 2 is 1.76 bits per heavy atom. The van der Waals surface area contributed by atoms with E-state index < -0.39 is 0 Å². The molecule has 0 aromatic rings. The van der Waals surface area contributed by atoms with Gasteiger partial charge in [-0.25, -0.2) is 0 Å². The first kappa shape index (κ1) is 15.2. The van der Waals surface area contributed by atoms with E-state index in [0.29, 0.717) is 0 Å². The lowest BCUT2D eigenvalue weighted by Gasteiger charge is -2.32. The molecule has 2 aliphatic rings. The summed E-state index contributed by atoms with van der Waals surface area (Å²) in [6.45, 7) is 11.1. The van der Waals surface area contributed by atoms with Gasteiger partial charge >= 0.3 is 0 Å². The highest BCUT2D eigenvalue weighted by atomic mass is 35.5. The SMILES string of the molecule is CC1(C)COC(C)(CCN2CCCCC2)N1.Cl. The predicted molar refractivity (Wildman–Crippen MR) is 73.7 cm³/mol. The quantitative estimate of drug-likeness (QED) is 0.845. The topological polar surface area (TPSA) is 24.5 Å². The Kier molecular flexibility index (Phi) is 5.26. The zero-order valence-electron chi connectivity index (χ0n) is 11.4. The number of hydrogen-bond donors (Lipinski definition) is 1. The third-order valence-electron chi connectivity index (χ3n) is 3.71. The number of hydrogen-bond acceptors (Lipinski definition) is 3. The Bertz CT molecular complexity index is 242. The second-order valence-corrected chi connectivity index (χ2v) is 6.18. The van der Waals surface area contributed by atoms with Crippen molar-refractivity contribution in [2.24, 2.45) is 0 Å². The molecule has 2 rings (SSSR count). The van der Waals surface area contributed by atoms with E-state index in [-0.39, 0.29) is 23.7 Å². The number of likely N-dealkylation sites (tertiary alicyclic amines) is 1. The highest BCUT2D eigenvalue weighted by Gasteiger charge is 2.39. The molecule has 3 nitrogen and oxygen atoms in total. The minimum Gasteiger partial charge on any atom is -0.359 e. The van der Waals surface area contributed by atoms with Crippen molar-refractivity contribution in [3.63, 3.8) is 0 Å². The molecular weight excluding hydrogens is 236 g/mol. The number of ether oxygens (including phenoxy) is 1. The van der Waals surface area contributed by atoms with Crippen LogP contribution in [0.1, 0.15) is 46.5 Å². The second kappa shape index (κ2) is 5.87. The van der Waals surface area contributed by atoms with E-state index in [1.54, 1.807) is 0 Å². The summed E-state index contributed by atoms with van der Waals surface area (Å²) in [5.41, 5.74) is 0.0254. The molecule has 0 spiro atoms. The maximum Gasteiger partial charge on any atom is 0.118 e. The third-order valence-corrected chi connectivity index (χ3v) is 3.71. The Morgan fingerprint density at radius 1 is 1.12 bits per heavy atom. The first-order chi connectivity index (χ1) is 7.49. The Labute approximate surface area is 112 Å². The number of nitrogens with one attached hydrogen (secondary N) is 1. The fraction of sp³-hybridized carbons (Fsp3) is 1.00. The van der Waals surface area contributed by atoms with E-state index in [1.807, 2.05) is 0 Å². The van der Waals surface area contributed by atoms with Crippen molar-refractivity contribution in [3.05, 3.63) is 0 Å². The van der Waals surface area contributed by atoms with E-state index in [2.05, 4.69) is 31.0 Å². The lowest BCUT2D eigenvalue weighted by molar-refractivity contribution is -0.00907. The molecule has 2 aliphatic heterocycles. The fourth-order valence-electron chi connectivity index (χ4n) is 2.82. The molecule has 2 heterocycles. The molecule has 2 saturated heterocycles. The van der Waals surface area contributed by atoms with Crippen molar-refractivity contribution in [3.8, 4) is 0 Å². The minimum atomic E-state index is -0.110. The van der Waals surface area contributed by atoms with Crippen LogP contribution in [0.25, 0.3) is 0 Å². The molecular formula is C13H27ClN2O. The molecule has 0 bridgehead atoms. The van der Waals surface area contributed by atoms with Gasteiger partial charge in [0, 0.05) is 18.5 Å². The highest BCUT2D eigenvalue weighted by molar-refractivity contribution is 5.85. The Hall–Kier alpha value is 0.170. The van der Waals surface area contributed by atoms with Gasteiger partial charge in [-0.15, -0.1) is 12.4 Å². The van der Waals surface area contributed by atoms with E-state index >= 15 is 0 Å². The minimum absolute atomic E-state index is 0. The summed E-state index contributed by atoms with van der Waals surface area (Å²) in [6.07, 6.45) is 5.25. The van der Waals surface area contributed by atoms with Crippen LogP contribution in [0, 0.1) is 0 Å². The lowest BCUT2D eigenvalue weighted by atomic mass is 10.1. The number of rotatable bonds is 3. The van der Waals surface area contributed by atoms with Gasteiger partial charge in [0.25, 0.3) is 0 Å². The van der Waals surface area contributed by atoms with Crippen LogP contribution in [0.3, 0.4) is 0 Å². The number of piperidine rings is 1. The number of nitrogens with zero attached hydrogens (tertiary/aromatic N) is 1. The molecule has 0 aromatic carbocycles. The summed E-state index contributed by atoms with van der Waals surface area (Å²) in [5, 5.41) is 3.60. The predicted octanol–water partition coefficient (Wildman–Crippen LogP) is 2.40. The maximum atomic E-state index is 5.91. The summed E-state index contributed by atoms with van der Waals surface area (Å²) >= 11 is 0. The third kappa shape index (κ3) is 4.40. The second-order valence-electron chi connectivity index (χ2n) is 6.18. The van der Waals surface area contributed by atoms with Gasteiger partial charge in [-0.3, -0.25) is 5.32 Å². The summed E-state index contributed by atoms with van der Waals surface area (Å²) in [5.74, 6) is 0. The van der Waals surface area contributed by atoms with Crippen molar-refractivity contribution < 1.29 is 4.74 Å². The van der Waals surface area contributed by atoms with Crippen molar-refractivity contribution >= 4 is 12.4 Å². The largest absolute Gasteiger partial charge is 0.359 e. The van der Waals surface area contributed by atoms with E-state index in [4.69, 9.17) is 4.74 Å². The van der Waals surface area contributed by atoms with Crippen LogP contribution in [0.4, 0.5) is 0 Å².